The molecule has 1 atom stereocenters. The molecule has 0 spiro atoms. The Morgan fingerprint density at radius 1 is 1.37 bits per heavy atom. The summed E-state index contributed by atoms with van der Waals surface area (Å²) in [6, 6.07) is 8.10. The van der Waals surface area contributed by atoms with E-state index in [4.69, 9.17) is 17.3 Å². The smallest absolute Gasteiger partial charge is 0.116 e. The Kier molecular flexibility index (Phi) is 5.19. The summed E-state index contributed by atoms with van der Waals surface area (Å²) in [5.41, 5.74) is 7.05. The summed E-state index contributed by atoms with van der Waals surface area (Å²) >= 11 is 7.86. The molecule has 19 heavy (non-hydrogen) atoms. The zero-order chi connectivity index (χ0) is 13.7. The van der Waals surface area contributed by atoms with Gasteiger partial charge in [0, 0.05) is 22.2 Å². The molecule has 0 saturated carbocycles. The van der Waals surface area contributed by atoms with Crippen molar-refractivity contribution >= 4 is 23.4 Å². The number of halogens is 1. The number of nitrogens with zero attached hydrogens (tertiary/aromatic N) is 2. The van der Waals surface area contributed by atoms with Crippen molar-refractivity contribution in [3.63, 3.8) is 0 Å². The van der Waals surface area contributed by atoms with Crippen molar-refractivity contribution in [1.29, 1.82) is 0 Å². The van der Waals surface area contributed by atoms with E-state index in [1.54, 1.807) is 24.3 Å². The average molecular weight is 294 g/mol. The molecule has 0 aliphatic carbocycles. The van der Waals surface area contributed by atoms with Crippen molar-refractivity contribution in [3.8, 4) is 0 Å². The molecule has 1 unspecified atom stereocenters. The number of hydrogen-bond donors (Lipinski definition) is 1. The highest BCUT2D eigenvalue weighted by Crippen LogP contribution is 2.29. The van der Waals surface area contributed by atoms with E-state index < -0.39 is 0 Å². The lowest BCUT2D eigenvalue weighted by molar-refractivity contribution is 0.646. The minimum absolute atomic E-state index is 0.165. The Balaban J connectivity index is 2.10. The van der Waals surface area contributed by atoms with Gasteiger partial charge in [-0.3, -0.25) is 0 Å². The van der Waals surface area contributed by atoms with E-state index >= 15 is 0 Å². The minimum Gasteiger partial charge on any atom is -0.327 e. The summed E-state index contributed by atoms with van der Waals surface area (Å²) in [4.78, 5) is 9.14. The lowest BCUT2D eigenvalue weighted by Crippen LogP contribution is -2.21. The molecule has 2 aromatic rings. The molecule has 1 heterocycles. The van der Waals surface area contributed by atoms with Gasteiger partial charge in [-0.25, -0.2) is 9.97 Å². The van der Waals surface area contributed by atoms with E-state index in [2.05, 4.69) is 23.0 Å². The van der Waals surface area contributed by atoms with Crippen molar-refractivity contribution in [2.75, 3.05) is 0 Å². The van der Waals surface area contributed by atoms with Gasteiger partial charge in [-0.1, -0.05) is 36.4 Å². The lowest BCUT2D eigenvalue weighted by Gasteiger charge is -2.11. The van der Waals surface area contributed by atoms with Gasteiger partial charge in [0.2, 0.25) is 0 Å². The standard InChI is InChI=1S/C14H16ClN3S/c1-2-11(16)7-10-3-4-12(8-13(10)15)19-14-5-6-17-9-18-14/h3-6,8-9,11H,2,7,16H2,1H3. The fraction of sp³-hybridized carbons (Fsp3) is 0.286. The van der Waals surface area contributed by atoms with Gasteiger partial charge in [-0.15, -0.1) is 0 Å². The van der Waals surface area contributed by atoms with Crippen LogP contribution in [-0.2, 0) is 6.42 Å². The van der Waals surface area contributed by atoms with Crippen LogP contribution in [0.4, 0.5) is 0 Å². The third-order valence-electron chi connectivity index (χ3n) is 2.81. The monoisotopic (exact) mass is 293 g/mol. The van der Waals surface area contributed by atoms with Gasteiger partial charge in [-0.2, -0.15) is 0 Å². The summed E-state index contributed by atoms with van der Waals surface area (Å²) in [6.45, 7) is 2.08. The van der Waals surface area contributed by atoms with Gasteiger partial charge >= 0.3 is 0 Å². The Hall–Kier alpha value is -1.10. The SMILES string of the molecule is CCC(N)Cc1ccc(Sc2ccncn2)cc1Cl. The first-order chi connectivity index (χ1) is 9.19. The Labute approximate surface area is 122 Å². The van der Waals surface area contributed by atoms with Crippen LogP contribution >= 0.6 is 23.4 Å². The van der Waals surface area contributed by atoms with Crippen LogP contribution in [0.2, 0.25) is 5.02 Å². The molecule has 0 saturated heterocycles. The molecular weight excluding hydrogens is 278 g/mol. The largest absolute Gasteiger partial charge is 0.327 e. The molecule has 100 valence electrons. The molecule has 5 heteroatoms. The highest BCUT2D eigenvalue weighted by Gasteiger charge is 2.07. The highest BCUT2D eigenvalue weighted by atomic mass is 35.5. The van der Waals surface area contributed by atoms with Crippen LogP contribution in [0.25, 0.3) is 0 Å². The number of nitrogens with two attached hydrogens (primary N) is 1. The summed E-state index contributed by atoms with van der Waals surface area (Å²) in [5, 5.41) is 1.67. The molecule has 0 fully saturated rings. The number of benzene rings is 1. The molecule has 1 aromatic heterocycles. The Bertz CT molecular complexity index is 533. The number of hydrogen-bond acceptors (Lipinski definition) is 4. The number of rotatable bonds is 5. The van der Waals surface area contributed by atoms with Crippen LogP contribution in [0.3, 0.4) is 0 Å². The second-order valence-electron chi connectivity index (χ2n) is 4.28. The van der Waals surface area contributed by atoms with Crippen molar-refractivity contribution < 1.29 is 0 Å². The van der Waals surface area contributed by atoms with Crippen molar-refractivity contribution in [2.45, 2.75) is 35.7 Å². The van der Waals surface area contributed by atoms with Crippen LogP contribution in [0.15, 0.2) is 46.7 Å². The average Bonchev–Trinajstić information content (AvgIpc) is 2.43. The molecule has 2 rings (SSSR count). The first-order valence-corrected chi connectivity index (χ1v) is 7.36. The molecule has 0 aliphatic heterocycles. The zero-order valence-corrected chi connectivity index (χ0v) is 12.3. The van der Waals surface area contributed by atoms with Crippen LogP contribution in [0.5, 0.6) is 0 Å². The van der Waals surface area contributed by atoms with E-state index in [0.29, 0.717) is 0 Å². The predicted octanol–water partition coefficient (Wildman–Crippen LogP) is 3.56. The van der Waals surface area contributed by atoms with E-state index in [1.165, 1.54) is 0 Å². The second-order valence-corrected chi connectivity index (χ2v) is 5.78. The molecule has 0 aliphatic rings. The Morgan fingerprint density at radius 3 is 2.84 bits per heavy atom. The maximum Gasteiger partial charge on any atom is 0.116 e. The molecule has 1 aromatic carbocycles. The fourth-order valence-corrected chi connectivity index (χ4v) is 2.75. The summed E-state index contributed by atoms with van der Waals surface area (Å²) in [5.74, 6) is 0. The maximum absolute atomic E-state index is 6.30. The van der Waals surface area contributed by atoms with Crippen LogP contribution in [0.1, 0.15) is 18.9 Å². The van der Waals surface area contributed by atoms with Gasteiger partial charge in [0.15, 0.2) is 0 Å². The highest BCUT2D eigenvalue weighted by molar-refractivity contribution is 7.99. The van der Waals surface area contributed by atoms with Crippen LogP contribution < -0.4 is 5.73 Å². The Morgan fingerprint density at radius 2 is 2.21 bits per heavy atom. The van der Waals surface area contributed by atoms with Gasteiger partial charge in [0.05, 0.1) is 0 Å². The normalized spacial score (nSPS) is 12.4. The quantitative estimate of drug-likeness (QED) is 0.857. The predicted molar refractivity (Wildman–Crippen MR) is 79.6 cm³/mol. The summed E-state index contributed by atoms with van der Waals surface area (Å²) in [7, 11) is 0. The topological polar surface area (TPSA) is 51.8 Å². The van der Waals surface area contributed by atoms with Gasteiger partial charge in [0.25, 0.3) is 0 Å². The molecule has 0 amide bonds. The van der Waals surface area contributed by atoms with Crippen molar-refractivity contribution in [2.24, 2.45) is 5.73 Å². The first-order valence-electron chi connectivity index (χ1n) is 6.17. The molecule has 0 radical (unpaired) electrons. The third kappa shape index (κ3) is 4.20. The fourth-order valence-electron chi connectivity index (χ4n) is 1.64. The number of aromatic nitrogens is 2. The van der Waals surface area contributed by atoms with Crippen molar-refractivity contribution in [3.05, 3.63) is 47.4 Å². The second kappa shape index (κ2) is 6.89. The first kappa shape index (κ1) is 14.3. The van der Waals surface area contributed by atoms with Gasteiger partial charge in [-0.05, 0) is 36.6 Å². The van der Waals surface area contributed by atoms with Gasteiger partial charge < -0.3 is 5.73 Å². The van der Waals surface area contributed by atoms with Crippen molar-refractivity contribution in [1.82, 2.24) is 9.97 Å². The minimum atomic E-state index is 0.165. The lowest BCUT2D eigenvalue weighted by atomic mass is 10.1. The summed E-state index contributed by atoms with van der Waals surface area (Å²) < 4.78 is 0. The third-order valence-corrected chi connectivity index (χ3v) is 4.10. The van der Waals surface area contributed by atoms with Crippen LogP contribution in [-0.4, -0.2) is 16.0 Å². The molecule has 3 nitrogen and oxygen atoms in total. The van der Waals surface area contributed by atoms with E-state index in [1.807, 2.05) is 18.2 Å². The molecular formula is C14H16ClN3S. The molecule has 2 N–H and O–H groups in total. The van der Waals surface area contributed by atoms with Crippen LogP contribution in [0, 0.1) is 0 Å². The van der Waals surface area contributed by atoms with E-state index in [-0.39, 0.29) is 6.04 Å². The van der Waals surface area contributed by atoms with E-state index in [9.17, 15) is 0 Å². The molecule has 0 bridgehead atoms. The zero-order valence-electron chi connectivity index (χ0n) is 10.7. The van der Waals surface area contributed by atoms with E-state index in [0.717, 1.165) is 33.3 Å². The maximum atomic E-state index is 6.30. The van der Waals surface area contributed by atoms with Gasteiger partial charge in [0.1, 0.15) is 11.4 Å². The summed E-state index contributed by atoms with van der Waals surface area (Å²) in [6.07, 6.45) is 5.03.